The van der Waals surface area contributed by atoms with E-state index in [1.54, 1.807) is 0 Å². The number of hydrogen-bond donors (Lipinski definition) is 2. The Morgan fingerprint density at radius 3 is 2.00 bits per heavy atom. The van der Waals surface area contributed by atoms with Gasteiger partial charge in [0, 0.05) is 6.04 Å². The molecule has 2 nitrogen and oxygen atoms in total. The lowest BCUT2D eigenvalue weighted by molar-refractivity contribution is 0.409. The fraction of sp³-hybridized carbons (Fsp3) is 1.00. The van der Waals surface area contributed by atoms with Crippen molar-refractivity contribution in [3.8, 4) is 0 Å². The summed E-state index contributed by atoms with van der Waals surface area (Å²) in [7, 11) is 2.04. The smallest absolute Gasteiger partial charge is 0.00882 e. The van der Waals surface area contributed by atoms with Gasteiger partial charge in [0.25, 0.3) is 0 Å². The van der Waals surface area contributed by atoms with E-state index < -0.39 is 0 Å². The molecule has 0 aromatic rings. The van der Waals surface area contributed by atoms with E-state index in [-0.39, 0.29) is 24.8 Å². The lowest BCUT2D eigenvalue weighted by atomic mass is 10.1. The molecule has 4 heteroatoms. The first-order chi connectivity index (χ1) is 3.93. The van der Waals surface area contributed by atoms with Crippen LogP contribution in [-0.4, -0.2) is 26.2 Å². The Labute approximate surface area is 75.0 Å². The predicted octanol–water partition coefficient (Wildman–Crippen LogP) is 0.801. The molecule has 2 N–H and O–H groups in total. The molecule has 0 spiro atoms. The zero-order valence-corrected chi connectivity index (χ0v) is 7.86. The van der Waals surface area contributed by atoms with Gasteiger partial charge in [0.05, 0.1) is 0 Å². The Balaban J connectivity index is 0. The SMILES string of the molecule is CNC1CCNCC1.Cl.Cl. The third-order valence-corrected chi connectivity index (χ3v) is 1.75. The maximum Gasteiger partial charge on any atom is 0.00882 e. The molecule has 0 aromatic carbocycles. The molecular weight excluding hydrogens is 171 g/mol. The molecule has 0 bridgehead atoms. The van der Waals surface area contributed by atoms with Crippen LogP contribution >= 0.6 is 24.8 Å². The molecule has 0 radical (unpaired) electrons. The molecule has 1 saturated heterocycles. The summed E-state index contributed by atoms with van der Waals surface area (Å²) >= 11 is 0. The van der Waals surface area contributed by atoms with Gasteiger partial charge in [0.15, 0.2) is 0 Å². The number of hydrogen-bond acceptors (Lipinski definition) is 2. The quantitative estimate of drug-likeness (QED) is 0.634. The van der Waals surface area contributed by atoms with Gasteiger partial charge in [0.2, 0.25) is 0 Å². The van der Waals surface area contributed by atoms with Crippen LogP contribution in [0, 0.1) is 0 Å². The monoisotopic (exact) mass is 186 g/mol. The molecule has 1 aliphatic heterocycles. The summed E-state index contributed by atoms with van der Waals surface area (Å²) in [5.74, 6) is 0. The van der Waals surface area contributed by atoms with Crippen molar-refractivity contribution >= 4 is 24.8 Å². The van der Waals surface area contributed by atoms with Crippen molar-refractivity contribution in [1.29, 1.82) is 0 Å². The van der Waals surface area contributed by atoms with E-state index in [2.05, 4.69) is 10.6 Å². The molecule has 0 atom stereocenters. The highest BCUT2D eigenvalue weighted by atomic mass is 35.5. The van der Waals surface area contributed by atoms with Gasteiger partial charge in [-0.25, -0.2) is 0 Å². The highest BCUT2D eigenvalue weighted by molar-refractivity contribution is 5.85. The van der Waals surface area contributed by atoms with Crippen molar-refractivity contribution in [2.75, 3.05) is 20.1 Å². The molecule has 0 aliphatic carbocycles. The molecule has 0 aromatic heterocycles. The third kappa shape index (κ3) is 4.34. The Hall–Kier alpha value is 0.500. The number of piperidine rings is 1. The average Bonchev–Trinajstić information content (AvgIpc) is 1.90. The maximum absolute atomic E-state index is 3.31. The van der Waals surface area contributed by atoms with E-state index in [4.69, 9.17) is 0 Å². The molecule has 0 saturated carbocycles. The summed E-state index contributed by atoms with van der Waals surface area (Å²) in [4.78, 5) is 0. The first-order valence-corrected chi connectivity index (χ1v) is 3.31. The second-order valence-corrected chi connectivity index (χ2v) is 2.31. The van der Waals surface area contributed by atoms with Crippen LogP contribution in [0.25, 0.3) is 0 Å². The van der Waals surface area contributed by atoms with E-state index in [1.165, 1.54) is 25.9 Å². The van der Waals surface area contributed by atoms with Gasteiger partial charge in [-0.1, -0.05) is 0 Å². The number of rotatable bonds is 1. The van der Waals surface area contributed by atoms with E-state index in [0.717, 1.165) is 6.04 Å². The summed E-state index contributed by atoms with van der Waals surface area (Å²) in [6, 6.07) is 0.774. The van der Waals surface area contributed by atoms with Gasteiger partial charge in [0.1, 0.15) is 0 Å². The normalized spacial score (nSPS) is 18.9. The fourth-order valence-corrected chi connectivity index (χ4v) is 1.11. The average molecular weight is 187 g/mol. The van der Waals surface area contributed by atoms with Crippen LogP contribution < -0.4 is 10.6 Å². The fourth-order valence-electron chi connectivity index (χ4n) is 1.11. The number of halogens is 2. The van der Waals surface area contributed by atoms with Crippen molar-refractivity contribution < 1.29 is 0 Å². The third-order valence-electron chi connectivity index (χ3n) is 1.75. The molecule has 1 fully saturated rings. The standard InChI is InChI=1S/C6H14N2.2ClH/c1-7-6-2-4-8-5-3-6;;/h6-8H,2-5H2,1H3;2*1H. The molecule has 64 valence electrons. The zero-order valence-electron chi connectivity index (χ0n) is 6.22. The molecule has 1 heterocycles. The Bertz CT molecular complexity index is 64.8. The van der Waals surface area contributed by atoms with Gasteiger partial charge in [-0.15, -0.1) is 24.8 Å². The summed E-state index contributed by atoms with van der Waals surface area (Å²) in [6.45, 7) is 2.37. The van der Waals surface area contributed by atoms with Gasteiger partial charge in [-0.2, -0.15) is 0 Å². The van der Waals surface area contributed by atoms with Crippen molar-refractivity contribution in [3.05, 3.63) is 0 Å². The molecule has 0 amide bonds. The second kappa shape index (κ2) is 7.61. The first kappa shape index (κ1) is 13.1. The summed E-state index contributed by atoms with van der Waals surface area (Å²) in [5, 5.41) is 6.57. The minimum Gasteiger partial charge on any atom is -0.317 e. The molecule has 1 aliphatic rings. The molecular formula is C6H16Cl2N2. The van der Waals surface area contributed by atoms with Crippen LogP contribution in [0.2, 0.25) is 0 Å². The van der Waals surface area contributed by atoms with E-state index in [0.29, 0.717) is 0 Å². The van der Waals surface area contributed by atoms with Gasteiger partial charge in [-0.3, -0.25) is 0 Å². The van der Waals surface area contributed by atoms with Crippen LogP contribution in [0.3, 0.4) is 0 Å². The van der Waals surface area contributed by atoms with Crippen LogP contribution in [-0.2, 0) is 0 Å². The minimum absolute atomic E-state index is 0. The molecule has 0 unspecified atom stereocenters. The Morgan fingerprint density at radius 2 is 1.70 bits per heavy atom. The maximum atomic E-state index is 3.31. The van der Waals surface area contributed by atoms with E-state index in [9.17, 15) is 0 Å². The van der Waals surface area contributed by atoms with E-state index >= 15 is 0 Å². The second-order valence-electron chi connectivity index (χ2n) is 2.31. The van der Waals surface area contributed by atoms with Crippen LogP contribution in [0.15, 0.2) is 0 Å². The van der Waals surface area contributed by atoms with Crippen molar-refractivity contribution in [2.24, 2.45) is 0 Å². The van der Waals surface area contributed by atoms with Gasteiger partial charge in [-0.05, 0) is 33.0 Å². The lowest BCUT2D eigenvalue weighted by Gasteiger charge is -2.21. The highest BCUT2D eigenvalue weighted by Gasteiger charge is 2.08. The Kier molecular flexibility index (Phi) is 9.97. The van der Waals surface area contributed by atoms with Crippen molar-refractivity contribution in [1.82, 2.24) is 10.6 Å². The van der Waals surface area contributed by atoms with Crippen LogP contribution in [0.4, 0.5) is 0 Å². The molecule has 1 rings (SSSR count). The first-order valence-electron chi connectivity index (χ1n) is 3.31. The van der Waals surface area contributed by atoms with Gasteiger partial charge < -0.3 is 10.6 Å². The van der Waals surface area contributed by atoms with E-state index in [1.807, 2.05) is 7.05 Å². The van der Waals surface area contributed by atoms with Crippen LogP contribution in [0.5, 0.6) is 0 Å². The minimum atomic E-state index is 0. The predicted molar refractivity (Wildman–Crippen MR) is 49.4 cm³/mol. The molecule has 10 heavy (non-hydrogen) atoms. The van der Waals surface area contributed by atoms with Crippen molar-refractivity contribution in [2.45, 2.75) is 18.9 Å². The summed E-state index contributed by atoms with van der Waals surface area (Å²) in [6.07, 6.45) is 2.58. The zero-order chi connectivity index (χ0) is 5.82. The Morgan fingerprint density at radius 1 is 1.20 bits per heavy atom. The topological polar surface area (TPSA) is 24.1 Å². The van der Waals surface area contributed by atoms with Crippen molar-refractivity contribution in [3.63, 3.8) is 0 Å². The number of nitrogens with one attached hydrogen (secondary N) is 2. The summed E-state index contributed by atoms with van der Waals surface area (Å²) in [5.41, 5.74) is 0. The lowest BCUT2D eigenvalue weighted by Crippen LogP contribution is -2.37. The van der Waals surface area contributed by atoms with Gasteiger partial charge >= 0.3 is 0 Å². The highest BCUT2D eigenvalue weighted by Crippen LogP contribution is 1.99. The largest absolute Gasteiger partial charge is 0.317 e. The van der Waals surface area contributed by atoms with Crippen LogP contribution in [0.1, 0.15) is 12.8 Å². The summed E-state index contributed by atoms with van der Waals surface area (Å²) < 4.78 is 0.